The highest BCUT2D eigenvalue weighted by Gasteiger charge is 2.18. The van der Waals surface area contributed by atoms with Crippen molar-refractivity contribution in [2.24, 2.45) is 0 Å². The van der Waals surface area contributed by atoms with Crippen molar-refractivity contribution in [1.82, 2.24) is 13.8 Å². The largest absolute Gasteiger partial charge is 0.364 e. The molecule has 7 heteroatoms. The van der Waals surface area contributed by atoms with Gasteiger partial charge in [0.05, 0.1) is 22.1 Å². The van der Waals surface area contributed by atoms with Gasteiger partial charge in [-0.15, -0.1) is 0 Å². The molecule has 5 rings (SSSR count). The summed E-state index contributed by atoms with van der Waals surface area (Å²) in [7, 11) is 0. The van der Waals surface area contributed by atoms with Crippen molar-refractivity contribution >= 4 is 60.0 Å². The van der Waals surface area contributed by atoms with Crippen LogP contribution in [-0.2, 0) is 6.42 Å². The normalized spacial score (nSPS) is 13.5. The van der Waals surface area contributed by atoms with Crippen molar-refractivity contribution in [1.29, 1.82) is 0 Å². The minimum atomic E-state index is -0.505. The Bertz CT molecular complexity index is 1410. The molecule has 0 amide bonds. The van der Waals surface area contributed by atoms with Gasteiger partial charge in [0.15, 0.2) is 0 Å². The maximum absolute atomic E-state index is 12.1. The van der Waals surface area contributed by atoms with E-state index in [0.29, 0.717) is 11.0 Å². The van der Waals surface area contributed by atoms with Gasteiger partial charge in [-0.25, -0.2) is 0 Å². The zero-order valence-corrected chi connectivity index (χ0v) is 16.0. The van der Waals surface area contributed by atoms with Gasteiger partial charge < -0.3 is 9.38 Å². The first-order valence-corrected chi connectivity index (χ1v) is 9.40. The van der Waals surface area contributed by atoms with Gasteiger partial charge in [-0.2, -0.15) is 0 Å². The molecular weight excluding hydrogens is 450 g/mol. The van der Waals surface area contributed by atoms with E-state index in [1.54, 1.807) is 0 Å². The molecule has 25 heavy (non-hydrogen) atoms. The summed E-state index contributed by atoms with van der Waals surface area (Å²) in [5.41, 5.74) is 3.61. The highest BCUT2D eigenvalue weighted by Crippen LogP contribution is 2.28. The second kappa shape index (κ2) is 5.19. The standard InChI is InChI=1S/C18H11Br2N3O2/c19-11-8-22-12-4-15(24)16(25)5-13(12)23-14(6-21-7-17(23)20)10-3-1-2-9(11)18(10)22/h2,4-8,21H,1,3H2. The minimum Gasteiger partial charge on any atom is -0.364 e. The summed E-state index contributed by atoms with van der Waals surface area (Å²) in [5.74, 6) is 0. The number of halogens is 2. The Morgan fingerprint density at radius 2 is 1.76 bits per heavy atom. The van der Waals surface area contributed by atoms with Crippen LogP contribution < -0.4 is 16.1 Å². The Hall–Kier alpha value is -2.12. The number of hydrogen-bond acceptors (Lipinski definition) is 2. The molecule has 0 saturated carbocycles. The molecule has 0 bridgehead atoms. The van der Waals surface area contributed by atoms with E-state index in [4.69, 9.17) is 0 Å². The zero-order chi connectivity index (χ0) is 17.3. The highest BCUT2D eigenvalue weighted by molar-refractivity contribution is 9.10. The molecule has 0 spiro atoms. The first-order chi connectivity index (χ1) is 12.1. The predicted molar refractivity (Wildman–Crippen MR) is 105 cm³/mol. The van der Waals surface area contributed by atoms with Crippen molar-refractivity contribution < 1.29 is 0 Å². The molecule has 0 unspecified atom stereocenters. The summed E-state index contributed by atoms with van der Waals surface area (Å²) in [6.45, 7) is 0. The molecule has 1 aliphatic carbocycles. The summed E-state index contributed by atoms with van der Waals surface area (Å²) >= 11 is 7.22. The number of aromatic amines is 1. The van der Waals surface area contributed by atoms with Gasteiger partial charge >= 0.3 is 0 Å². The average molecular weight is 461 g/mol. The smallest absolute Gasteiger partial charge is 0.227 e. The molecule has 1 aromatic carbocycles. The lowest BCUT2D eigenvalue weighted by atomic mass is 10.0. The molecule has 4 aromatic rings. The van der Waals surface area contributed by atoms with Crippen LogP contribution in [0.2, 0.25) is 0 Å². The lowest BCUT2D eigenvalue weighted by Crippen LogP contribution is -2.21. The Kier molecular flexibility index (Phi) is 3.15. The second-order valence-electron chi connectivity index (χ2n) is 6.12. The topological polar surface area (TPSA) is 58.8 Å². The van der Waals surface area contributed by atoms with E-state index < -0.39 is 10.9 Å². The molecule has 0 atom stereocenters. The Balaban J connectivity index is 2.32. The van der Waals surface area contributed by atoms with Crippen LogP contribution in [0.15, 0.2) is 49.4 Å². The van der Waals surface area contributed by atoms with Crippen LogP contribution in [0.1, 0.15) is 12.0 Å². The fraction of sp³-hybridized carbons (Fsp3) is 0.111. The molecule has 3 heterocycles. The number of aryl methyl sites for hydroxylation is 1. The number of aromatic nitrogens is 3. The van der Waals surface area contributed by atoms with E-state index in [9.17, 15) is 9.59 Å². The van der Waals surface area contributed by atoms with Crippen LogP contribution in [0.3, 0.4) is 0 Å². The fourth-order valence-electron chi connectivity index (χ4n) is 3.72. The van der Waals surface area contributed by atoms with Crippen molar-refractivity contribution in [2.75, 3.05) is 0 Å². The molecule has 0 fully saturated rings. The second-order valence-corrected chi connectivity index (χ2v) is 7.78. The van der Waals surface area contributed by atoms with E-state index in [1.807, 2.05) is 27.4 Å². The lowest BCUT2D eigenvalue weighted by molar-refractivity contribution is 1.01. The van der Waals surface area contributed by atoms with Crippen LogP contribution in [0.5, 0.6) is 0 Å². The van der Waals surface area contributed by atoms with Gasteiger partial charge in [0, 0.05) is 46.0 Å². The van der Waals surface area contributed by atoms with E-state index in [1.165, 1.54) is 17.7 Å². The van der Waals surface area contributed by atoms with Crippen LogP contribution in [-0.4, -0.2) is 13.8 Å². The van der Waals surface area contributed by atoms with Crippen LogP contribution >= 0.6 is 31.9 Å². The van der Waals surface area contributed by atoms with E-state index in [-0.39, 0.29) is 0 Å². The molecule has 3 aromatic heterocycles. The molecule has 1 N–H and O–H groups in total. The van der Waals surface area contributed by atoms with E-state index >= 15 is 0 Å². The number of H-pyrrole nitrogens is 1. The summed E-state index contributed by atoms with van der Waals surface area (Å²) in [6, 6.07) is 2.86. The molecule has 0 aliphatic heterocycles. The van der Waals surface area contributed by atoms with Gasteiger partial charge in [-0.05, 0) is 44.7 Å². The number of nitrogens with zero attached hydrogens (tertiary/aromatic N) is 2. The third-order valence-electron chi connectivity index (χ3n) is 4.75. The predicted octanol–water partition coefficient (Wildman–Crippen LogP) is 2.93. The highest BCUT2D eigenvalue weighted by atomic mass is 79.9. The minimum absolute atomic E-state index is 0.499. The number of rotatable bonds is 0. The van der Waals surface area contributed by atoms with Crippen molar-refractivity contribution in [2.45, 2.75) is 12.8 Å². The molecule has 0 saturated heterocycles. The third-order valence-corrected chi connectivity index (χ3v) is 5.97. The van der Waals surface area contributed by atoms with Crippen molar-refractivity contribution in [3.05, 3.63) is 71.0 Å². The van der Waals surface area contributed by atoms with Crippen molar-refractivity contribution in [3.8, 4) is 0 Å². The van der Waals surface area contributed by atoms with E-state index in [0.717, 1.165) is 38.2 Å². The summed E-state index contributed by atoms with van der Waals surface area (Å²) in [6.07, 6.45) is 9.75. The summed E-state index contributed by atoms with van der Waals surface area (Å²) < 4.78 is 5.77. The fourth-order valence-corrected chi connectivity index (χ4v) is 4.79. The zero-order valence-electron chi connectivity index (χ0n) is 12.8. The third kappa shape index (κ3) is 1.99. The Labute approximate surface area is 157 Å². The van der Waals surface area contributed by atoms with Gasteiger partial charge in [0.25, 0.3) is 0 Å². The SMILES string of the molecule is O=c1cc2c(cc1=O)n1c(Br)c[nH]cc1c1c3c(c(Br)cn32)=CCC1. The lowest BCUT2D eigenvalue weighted by Gasteiger charge is -2.09. The maximum atomic E-state index is 12.1. The van der Waals surface area contributed by atoms with Crippen LogP contribution in [0.4, 0.5) is 0 Å². The Morgan fingerprint density at radius 3 is 2.56 bits per heavy atom. The number of fused-ring (bicyclic) bond motifs is 5. The van der Waals surface area contributed by atoms with Gasteiger partial charge in [-0.1, -0.05) is 6.08 Å². The van der Waals surface area contributed by atoms with Gasteiger partial charge in [0.2, 0.25) is 10.9 Å². The summed E-state index contributed by atoms with van der Waals surface area (Å²) in [4.78, 5) is 27.3. The molecule has 0 radical (unpaired) electrons. The first kappa shape index (κ1) is 15.2. The number of benzene rings is 1. The average Bonchev–Trinajstić information content (AvgIpc) is 2.88. The van der Waals surface area contributed by atoms with Gasteiger partial charge in [0.1, 0.15) is 4.60 Å². The van der Waals surface area contributed by atoms with Crippen molar-refractivity contribution in [3.63, 3.8) is 0 Å². The molecule has 124 valence electrons. The van der Waals surface area contributed by atoms with E-state index in [2.05, 4.69) is 42.9 Å². The maximum Gasteiger partial charge on any atom is 0.227 e. The Morgan fingerprint density at radius 1 is 1.00 bits per heavy atom. The quantitative estimate of drug-likeness (QED) is 0.410. The summed E-state index contributed by atoms with van der Waals surface area (Å²) in [5, 5.41) is 1.12. The molecule has 1 aliphatic rings. The number of hydrogen-bond donors (Lipinski definition) is 1. The van der Waals surface area contributed by atoms with Crippen LogP contribution in [0, 0.1) is 0 Å². The molecule has 5 nitrogen and oxygen atoms in total. The van der Waals surface area contributed by atoms with Gasteiger partial charge in [-0.3, -0.25) is 14.0 Å². The number of nitrogens with one attached hydrogen (secondary N) is 1. The monoisotopic (exact) mass is 459 g/mol. The first-order valence-electron chi connectivity index (χ1n) is 7.81. The van der Waals surface area contributed by atoms with Crippen LogP contribution in [0.25, 0.3) is 28.1 Å². The molecular formula is C18H11Br2N3O2.